The molecule has 0 radical (unpaired) electrons. The van der Waals surface area contributed by atoms with Gasteiger partial charge in [0.2, 0.25) is 5.88 Å². The summed E-state index contributed by atoms with van der Waals surface area (Å²) in [6.07, 6.45) is 3.95. The third-order valence-electron chi connectivity index (χ3n) is 2.54. The van der Waals surface area contributed by atoms with Crippen molar-refractivity contribution in [1.29, 1.82) is 0 Å². The largest absolute Gasteiger partial charge is 0.481 e. The summed E-state index contributed by atoms with van der Waals surface area (Å²) >= 11 is 0. The van der Waals surface area contributed by atoms with E-state index in [-0.39, 0.29) is 11.3 Å². The summed E-state index contributed by atoms with van der Waals surface area (Å²) in [5.41, 5.74) is 0.635. The monoisotopic (exact) mass is 275 g/mol. The quantitative estimate of drug-likeness (QED) is 0.635. The molecule has 2 rings (SSSR count). The molecule has 0 amide bonds. The van der Waals surface area contributed by atoms with Crippen LogP contribution in [-0.2, 0) is 0 Å². The molecule has 0 fully saturated rings. The van der Waals surface area contributed by atoms with E-state index >= 15 is 0 Å². The Balaban J connectivity index is 2.15. The molecule has 0 bridgehead atoms. The van der Waals surface area contributed by atoms with Crippen molar-refractivity contribution in [3.63, 3.8) is 0 Å². The molecule has 1 aromatic heterocycles. The number of ether oxygens (including phenoxy) is 1. The Morgan fingerprint density at radius 2 is 1.90 bits per heavy atom. The van der Waals surface area contributed by atoms with Crippen molar-refractivity contribution in [3.05, 3.63) is 65.4 Å². The summed E-state index contributed by atoms with van der Waals surface area (Å²) in [7, 11) is 1.47. The zero-order chi connectivity index (χ0) is 14.5. The molecule has 0 unspecified atom stereocenters. The van der Waals surface area contributed by atoms with Gasteiger partial charge in [-0.1, -0.05) is 6.08 Å². The molecule has 102 valence electrons. The number of carbonyl (C=O) groups excluding carboxylic acids is 1. The predicted octanol–water partition coefficient (Wildman–Crippen LogP) is 3.26. The standard InChI is InChI=1S/C15H11F2NO2/c1-20-15-5-3-11(9-18-15)14(19)4-2-10-6-12(16)8-13(17)7-10/h2-9H,1H3. The Labute approximate surface area is 114 Å². The van der Waals surface area contributed by atoms with Gasteiger partial charge in [0.25, 0.3) is 0 Å². The summed E-state index contributed by atoms with van der Waals surface area (Å²) < 4.78 is 30.8. The van der Waals surface area contributed by atoms with Crippen LogP contribution in [0, 0.1) is 11.6 Å². The molecule has 0 aliphatic heterocycles. The van der Waals surface area contributed by atoms with E-state index in [1.165, 1.54) is 25.5 Å². The lowest BCUT2D eigenvalue weighted by Gasteiger charge is -1.99. The first kappa shape index (κ1) is 13.9. The van der Waals surface area contributed by atoms with Crippen molar-refractivity contribution in [3.8, 4) is 5.88 Å². The van der Waals surface area contributed by atoms with Crippen molar-refractivity contribution < 1.29 is 18.3 Å². The van der Waals surface area contributed by atoms with E-state index in [1.807, 2.05) is 0 Å². The zero-order valence-corrected chi connectivity index (χ0v) is 10.6. The third-order valence-corrected chi connectivity index (χ3v) is 2.54. The van der Waals surface area contributed by atoms with Gasteiger partial charge in [-0.2, -0.15) is 0 Å². The maximum absolute atomic E-state index is 13.0. The van der Waals surface area contributed by atoms with E-state index < -0.39 is 11.6 Å². The highest BCUT2D eigenvalue weighted by Gasteiger charge is 2.03. The van der Waals surface area contributed by atoms with Gasteiger partial charge in [-0.15, -0.1) is 0 Å². The highest BCUT2D eigenvalue weighted by atomic mass is 19.1. The maximum Gasteiger partial charge on any atom is 0.212 e. The molecule has 2 aromatic rings. The number of allylic oxidation sites excluding steroid dienone is 1. The molecule has 0 spiro atoms. The van der Waals surface area contributed by atoms with Crippen LogP contribution >= 0.6 is 0 Å². The molecule has 0 saturated heterocycles. The summed E-state index contributed by atoms with van der Waals surface area (Å²) in [6.45, 7) is 0. The molecule has 20 heavy (non-hydrogen) atoms. The van der Waals surface area contributed by atoms with Crippen LogP contribution in [0.2, 0.25) is 0 Å². The van der Waals surface area contributed by atoms with Crippen LogP contribution in [0.3, 0.4) is 0 Å². The topological polar surface area (TPSA) is 39.2 Å². The summed E-state index contributed by atoms with van der Waals surface area (Å²) in [5, 5.41) is 0. The van der Waals surface area contributed by atoms with Crippen LogP contribution in [0.25, 0.3) is 6.08 Å². The van der Waals surface area contributed by atoms with Gasteiger partial charge in [-0.05, 0) is 29.8 Å². The highest BCUT2D eigenvalue weighted by molar-refractivity contribution is 6.06. The van der Waals surface area contributed by atoms with Crippen molar-refractivity contribution in [2.75, 3.05) is 7.11 Å². The van der Waals surface area contributed by atoms with Crippen LogP contribution in [0.4, 0.5) is 8.78 Å². The number of rotatable bonds is 4. The Morgan fingerprint density at radius 3 is 2.45 bits per heavy atom. The highest BCUT2D eigenvalue weighted by Crippen LogP contribution is 2.11. The number of halogens is 2. The number of benzene rings is 1. The van der Waals surface area contributed by atoms with Crippen LogP contribution in [0.5, 0.6) is 5.88 Å². The Bertz CT molecular complexity index is 631. The first-order valence-electron chi connectivity index (χ1n) is 5.77. The van der Waals surface area contributed by atoms with E-state index in [9.17, 15) is 13.6 Å². The summed E-state index contributed by atoms with van der Waals surface area (Å²) in [4.78, 5) is 15.7. The number of pyridine rings is 1. The number of nitrogens with zero attached hydrogens (tertiary/aromatic N) is 1. The lowest BCUT2D eigenvalue weighted by molar-refractivity contribution is 0.104. The molecule has 0 saturated carbocycles. The fourth-order valence-electron chi connectivity index (χ4n) is 1.59. The molecular weight excluding hydrogens is 264 g/mol. The van der Waals surface area contributed by atoms with Gasteiger partial charge in [0.05, 0.1) is 7.11 Å². The van der Waals surface area contributed by atoms with Crippen LogP contribution in [-0.4, -0.2) is 17.9 Å². The number of hydrogen-bond acceptors (Lipinski definition) is 3. The molecule has 1 aromatic carbocycles. The lowest BCUT2D eigenvalue weighted by atomic mass is 10.1. The lowest BCUT2D eigenvalue weighted by Crippen LogP contribution is -1.96. The van der Waals surface area contributed by atoms with Crippen molar-refractivity contribution in [2.24, 2.45) is 0 Å². The molecule has 0 atom stereocenters. The van der Waals surface area contributed by atoms with E-state index in [0.29, 0.717) is 11.4 Å². The number of hydrogen-bond donors (Lipinski definition) is 0. The SMILES string of the molecule is COc1ccc(C(=O)C=Cc2cc(F)cc(F)c2)cn1. The van der Waals surface area contributed by atoms with Crippen molar-refractivity contribution in [1.82, 2.24) is 4.98 Å². The van der Waals surface area contributed by atoms with Crippen LogP contribution in [0.1, 0.15) is 15.9 Å². The number of ketones is 1. The molecule has 5 heteroatoms. The zero-order valence-electron chi connectivity index (χ0n) is 10.6. The molecule has 0 aliphatic carbocycles. The summed E-state index contributed by atoms with van der Waals surface area (Å²) in [6, 6.07) is 6.17. The third kappa shape index (κ3) is 3.47. The first-order valence-corrected chi connectivity index (χ1v) is 5.77. The summed E-state index contributed by atoms with van der Waals surface area (Å²) in [5.74, 6) is -1.30. The van der Waals surface area contributed by atoms with Gasteiger partial charge in [0.1, 0.15) is 11.6 Å². The minimum absolute atomic E-state index is 0.275. The Morgan fingerprint density at radius 1 is 1.20 bits per heavy atom. The first-order chi connectivity index (χ1) is 9.58. The molecule has 3 nitrogen and oxygen atoms in total. The minimum Gasteiger partial charge on any atom is -0.481 e. The second-order valence-electron chi connectivity index (χ2n) is 3.99. The van der Waals surface area contributed by atoms with Gasteiger partial charge in [0, 0.05) is 23.9 Å². The van der Waals surface area contributed by atoms with Crippen molar-refractivity contribution >= 4 is 11.9 Å². The fourth-order valence-corrected chi connectivity index (χ4v) is 1.59. The van der Waals surface area contributed by atoms with Crippen LogP contribution in [0.15, 0.2) is 42.6 Å². The van der Waals surface area contributed by atoms with Gasteiger partial charge in [-0.3, -0.25) is 4.79 Å². The molecular formula is C15H11F2NO2. The van der Waals surface area contributed by atoms with Crippen molar-refractivity contribution in [2.45, 2.75) is 0 Å². The number of carbonyl (C=O) groups is 1. The second-order valence-corrected chi connectivity index (χ2v) is 3.99. The van der Waals surface area contributed by atoms with E-state index in [4.69, 9.17) is 4.74 Å². The average Bonchev–Trinajstić information content (AvgIpc) is 2.44. The van der Waals surface area contributed by atoms with Gasteiger partial charge < -0.3 is 4.74 Å². The smallest absolute Gasteiger partial charge is 0.212 e. The normalized spacial score (nSPS) is 10.8. The van der Waals surface area contributed by atoms with Gasteiger partial charge in [-0.25, -0.2) is 13.8 Å². The Kier molecular flexibility index (Phi) is 4.20. The molecule has 0 N–H and O–H groups in total. The predicted molar refractivity (Wildman–Crippen MR) is 70.5 cm³/mol. The van der Waals surface area contributed by atoms with Gasteiger partial charge >= 0.3 is 0 Å². The molecule has 0 aliphatic rings. The van der Waals surface area contributed by atoms with E-state index in [2.05, 4.69) is 4.98 Å². The fraction of sp³-hybridized carbons (Fsp3) is 0.0667. The Hall–Kier alpha value is -2.56. The number of methoxy groups -OCH3 is 1. The average molecular weight is 275 g/mol. The van der Waals surface area contributed by atoms with Gasteiger partial charge in [0.15, 0.2) is 5.78 Å². The minimum atomic E-state index is -0.691. The number of aromatic nitrogens is 1. The van der Waals surface area contributed by atoms with Crippen LogP contribution < -0.4 is 4.74 Å². The van der Waals surface area contributed by atoms with E-state index in [0.717, 1.165) is 18.2 Å². The van der Waals surface area contributed by atoms with E-state index in [1.54, 1.807) is 12.1 Å². The second kappa shape index (κ2) is 6.06. The maximum atomic E-state index is 13.0. The molecule has 1 heterocycles.